The van der Waals surface area contributed by atoms with E-state index in [0.29, 0.717) is 19.7 Å². The molecule has 0 bridgehead atoms. The van der Waals surface area contributed by atoms with Gasteiger partial charge < -0.3 is 14.6 Å². The van der Waals surface area contributed by atoms with Gasteiger partial charge in [0.05, 0.1) is 30.8 Å². The molecule has 1 fully saturated rings. The van der Waals surface area contributed by atoms with Crippen molar-refractivity contribution >= 4 is 5.97 Å². The lowest BCUT2D eigenvalue weighted by molar-refractivity contribution is -0.155. The van der Waals surface area contributed by atoms with Gasteiger partial charge in [0, 0.05) is 25.6 Å². The van der Waals surface area contributed by atoms with Crippen LogP contribution in [0.25, 0.3) is 0 Å². The second-order valence-electron chi connectivity index (χ2n) is 7.65. The lowest BCUT2D eigenvalue weighted by Crippen LogP contribution is -2.41. The third-order valence-electron chi connectivity index (χ3n) is 4.44. The normalized spacial score (nSPS) is 22.8. The van der Waals surface area contributed by atoms with Crippen LogP contribution in [0.4, 0.5) is 0 Å². The van der Waals surface area contributed by atoms with E-state index in [1.165, 1.54) is 5.56 Å². The summed E-state index contributed by atoms with van der Waals surface area (Å²) in [6.07, 6.45) is -0.379. The first-order valence-corrected chi connectivity index (χ1v) is 9.05. The molecule has 0 aliphatic carbocycles. The smallest absolute Gasteiger partial charge is 0.310 e. The highest BCUT2D eigenvalue weighted by atomic mass is 16.5. The topological polar surface area (TPSA) is 59.0 Å². The SMILES string of the molecule is CCOC(=O)[C@H]1CN(Cc2ccccc2)CC1[C@@H](CO)OC(C)(C)C. The van der Waals surface area contributed by atoms with E-state index >= 15 is 0 Å². The van der Waals surface area contributed by atoms with Crippen LogP contribution in [0.15, 0.2) is 30.3 Å². The predicted octanol–water partition coefficient (Wildman–Crippen LogP) is 2.47. The van der Waals surface area contributed by atoms with Crippen molar-refractivity contribution in [2.24, 2.45) is 11.8 Å². The summed E-state index contributed by atoms with van der Waals surface area (Å²) in [4.78, 5) is 14.7. The molecular formula is C20H31NO4. The molecule has 0 aromatic heterocycles. The number of ether oxygens (including phenoxy) is 2. The summed E-state index contributed by atoms with van der Waals surface area (Å²) in [5, 5.41) is 9.86. The first kappa shape index (κ1) is 19.9. The third-order valence-corrected chi connectivity index (χ3v) is 4.44. The fourth-order valence-corrected chi connectivity index (χ4v) is 3.47. The highest BCUT2D eigenvalue weighted by molar-refractivity contribution is 5.73. The molecule has 5 heteroatoms. The maximum absolute atomic E-state index is 12.5. The molecule has 140 valence electrons. The van der Waals surface area contributed by atoms with Crippen molar-refractivity contribution in [1.29, 1.82) is 0 Å². The van der Waals surface area contributed by atoms with Gasteiger partial charge in [-0.1, -0.05) is 30.3 Å². The van der Waals surface area contributed by atoms with Crippen molar-refractivity contribution in [3.8, 4) is 0 Å². The number of nitrogens with zero attached hydrogens (tertiary/aromatic N) is 1. The van der Waals surface area contributed by atoms with Gasteiger partial charge in [-0.3, -0.25) is 9.69 Å². The highest BCUT2D eigenvalue weighted by Gasteiger charge is 2.43. The summed E-state index contributed by atoms with van der Waals surface area (Å²) in [7, 11) is 0. The number of benzene rings is 1. The van der Waals surface area contributed by atoms with Crippen molar-refractivity contribution in [2.45, 2.75) is 45.9 Å². The fraction of sp³-hybridized carbons (Fsp3) is 0.650. The number of likely N-dealkylation sites (tertiary alicyclic amines) is 1. The van der Waals surface area contributed by atoms with Crippen molar-refractivity contribution in [2.75, 3.05) is 26.3 Å². The predicted molar refractivity (Wildman–Crippen MR) is 97.0 cm³/mol. The quantitative estimate of drug-likeness (QED) is 0.767. The molecule has 1 N–H and O–H groups in total. The zero-order chi connectivity index (χ0) is 18.4. The zero-order valence-corrected chi connectivity index (χ0v) is 15.8. The molecule has 3 atom stereocenters. The first-order chi connectivity index (χ1) is 11.8. The van der Waals surface area contributed by atoms with Gasteiger partial charge in [-0.15, -0.1) is 0 Å². The summed E-state index contributed by atoms with van der Waals surface area (Å²) in [6, 6.07) is 10.2. The molecule has 0 radical (unpaired) electrons. The van der Waals surface area contributed by atoms with Crippen molar-refractivity contribution < 1.29 is 19.4 Å². The lowest BCUT2D eigenvalue weighted by atomic mass is 9.90. The third kappa shape index (κ3) is 5.80. The molecule has 2 rings (SSSR count). The molecule has 1 aromatic rings. The van der Waals surface area contributed by atoms with E-state index in [9.17, 15) is 9.90 Å². The van der Waals surface area contributed by atoms with Gasteiger partial charge in [0.15, 0.2) is 0 Å². The standard InChI is InChI=1S/C20H31NO4/c1-5-24-19(23)17-13-21(11-15-9-7-6-8-10-15)12-16(17)18(14-22)25-20(2,3)4/h6-10,16-18,22H,5,11-14H2,1-4H3/t16?,17-,18+/m0/s1. The highest BCUT2D eigenvalue weighted by Crippen LogP contribution is 2.32. The molecule has 1 aliphatic heterocycles. The molecule has 0 saturated carbocycles. The Labute approximate surface area is 150 Å². The monoisotopic (exact) mass is 349 g/mol. The Kier molecular flexibility index (Phi) is 6.99. The number of aliphatic hydroxyl groups is 1. The van der Waals surface area contributed by atoms with Crippen LogP contribution < -0.4 is 0 Å². The van der Waals surface area contributed by atoms with Gasteiger partial charge in [-0.05, 0) is 33.3 Å². The Balaban J connectivity index is 2.13. The van der Waals surface area contributed by atoms with Crippen LogP contribution in [0.3, 0.4) is 0 Å². The van der Waals surface area contributed by atoms with Crippen LogP contribution >= 0.6 is 0 Å². The molecular weight excluding hydrogens is 318 g/mol. The lowest BCUT2D eigenvalue weighted by Gasteiger charge is -2.32. The Morgan fingerprint density at radius 2 is 1.96 bits per heavy atom. The molecule has 1 heterocycles. The van der Waals surface area contributed by atoms with Crippen molar-refractivity contribution in [1.82, 2.24) is 4.90 Å². The Morgan fingerprint density at radius 1 is 1.28 bits per heavy atom. The van der Waals surface area contributed by atoms with E-state index in [-0.39, 0.29) is 36.1 Å². The molecule has 0 amide bonds. The number of aliphatic hydroxyl groups excluding tert-OH is 1. The Morgan fingerprint density at radius 3 is 2.52 bits per heavy atom. The van der Waals surface area contributed by atoms with Crippen LogP contribution in [0.1, 0.15) is 33.3 Å². The summed E-state index contributed by atoms with van der Waals surface area (Å²) >= 11 is 0. The largest absolute Gasteiger partial charge is 0.466 e. The van der Waals surface area contributed by atoms with Crippen LogP contribution in [0, 0.1) is 11.8 Å². The van der Waals surface area contributed by atoms with Gasteiger partial charge in [0.2, 0.25) is 0 Å². The van der Waals surface area contributed by atoms with Crippen LogP contribution in [-0.2, 0) is 20.8 Å². The Hall–Kier alpha value is -1.43. The van der Waals surface area contributed by atoms with E-state index < -0.39 is 0 Å². The minimum atomic E-state index is -0.379. The Bertz CT molecular complexity index is 540. The van der Waals surface area contributed by atoms with Gasteiger partial charge in [-0.25, -0.2) is 0 Å². The molecule has 1 saturated heterocycles. The number of hydrogen-bond donors (Lipinski definition) is 1. The van der Waals surface area contributed by atoms with E-state index in [0.717, 1.165) is 6.54 Å². The molecule has 1 aliphatic rings. The van der Waals surface area contributed by atoms with Gasteiger partial charge in [0.25, 0.3) is 0 Å². The van der Waals surface area contributed by atoms with E-state index in [1.54, 1.807) is 0 Å². The van der Waals surface area contributed by atoms with Crippen LogP contribution in [-0.4, -0.2) is 54.0 Å². The van der Waals surface area contributed by atoms with Crippen LogP contribution in [0.2, 0.25) is 0 Å². The van der Waals surface area contributed by atoms with Crippen molar-refractivity contribution in [3.05, 3.63) is 35.9 Å². The number of carbonyl (C=O) groups is 1. The molecule has 0 spiro atoms. The fourth-order valence-electron chi connectivity index (χ4n) is 3.47. The maximum Gasteiger partial charge on any atom is 0.310 e. The van der Waals surface area contributed by atoms with Gasteiger partial charge in [0.1, 0.15) is 0 Å². The van der Waals surface area contributed by atoms with Gasteiger partial charge >= 0.3 is 5.97 Å². The van der Waals surface area contributed by atoms with E-state index in [4.69, 9.17) is 9.47 Å². The molecule has 1 aromatic carbocycles. The second-order valence-corrected chi connectivity index (χ2v) is 7.65. The summed E-state index contributed by atoms with van der Waals surface area (Å²) in [5.41, 5.74) is 0.836. The first-order valence-electron chi connectivity index (χ1n) is 9.05. The minimum absolute atomic E-state index is 0.0769. The number of carbonyl (C=O) groups excluding carboxylic acids is 1. The average molecular weight is 349 g/mol. The van der Waals surface area contributed by atoms with Crippen LogP contribution in [0.5, 0.6) is 0 Å². The summed E-state index contributed by atoms with van der Waals surface area (Å²) in [6.45, 7) is 10.1. The molecule has 1 unspecified atom stereocenters. The summed E-state index contributed by atoms with van der Waals surface area (Å²) < 4.78 is 11.3. The number of rotatable bonds is 7. The second kappa shape index (κ2) is 8.79. The minimum Gasteiger partial charge on any atom is -0.466 e. The number of hydrogen-bond acceptors (Lipinski definition) is 5. The van der Waals surface area contributed by atoms with Gasteiger partial charge in [-0.2, -0.15) is 0 Å². The maximum atomic E-state index is 12.5. The zero-order valence-electron chi connectivity index (χ0n) is 15.8. The molecule has 25 heavy (non-hydrogen) atoms. The number of esters is 1. The summed E-state index contributed by atoms with van der Waals surface area (Å²) in [5.74, 6) is -0.547. The van der Waals surface area contributed by atoms with E-state index in [1.807, 2.05) is 45.9 Å². The van der Waals surface area contributed by atoms with Crippen molar-refractivity contribution in [3.63, 3.8) is 0 Å². The van der Waals surface area contributed by atoms with E-state index in [2.05, 4.69) is 17.0 Å². The molecule has 5 nitrogen and oxygen atoms in total. The average Bonchev–Trinajstić information content (AvgIpc) is 2.97.